The maximum Gasteiger partial charge on any atom is 0.0123 e. The smallest absolute Gasteiger partial charge is 0.0123 e. The van der Waals surface area contributed by atoms with Crippen molar-refractivity contribution in [2.24, 2.45) is 11.8 Å². The third kappa shape index (κ3) is 4.06. The Morgan fingerprint density at radius 1 is 0.857 bits per heavy atom. The summed E-state index contributed by atoms with van der Waals surface area (Å²) in [6.07, 6.45) is 8.30. The van der Waals surface area contributed by atoms with Crippen LogP contribution in [0.1, 0.15) is 69.4 Å². The number of benzene rings is 2. The van der Waals surface area contributed by atoms with Crippen LogP contribution in [0.15, 0.2) is 48.5 Å². The quantitative estimate of drug-likeness (QED) is 0.553. The summed E-state index contributed by atoms with van der Waals surface area (Å²) in [6, 6.07) is 18.8. The zero-order valence-corrected chi connectivity index (χ0v) is 18.0. The molecule has 1 heteroatoms. The molecule has 28 heavy (non-hydrogen) atoms. The fourth-order valence-electron chi connectivity index (χ4n) is 5.78. The first-order valence-corrected chi connectivity index (χ1v) is 11.6. The van der Waals surface area contributed by atoms with Gasteiger partial charge in [0.2, 0.25) is 0 Å². The van der Waals surface area contributed by atoms with E-state index in [0.29, 0.717) is 5.92 Å². The van der Waals surface area contributed by atoms with E-state index in [1.807, 2.05) is 0 Å². The number of piperidine rings is 1. The fraction of sp³-hybridized carbons (Fsp3) is 0.556. The Hall–Kier alpha value is -1.60. The summed E-state index contributed by atoms with van der Waals surface area (Å²) in [5, 5.41) is 0. The average molecular weight is 376 g/mol. The highest BCUT2D eigenvalue weighted by Gasteiger charge is 2.33. The van der Waals surface area contributed by atoms with Gasteiger partial charge in [-0.05, 0) is 85.7 Å². The van der Waals surface area contributed by atoms with E-state index in [9.17, 15) is 0 Å². The van der Waals surface area contributed by atoms with Crippen molar-refractivity contribution in [3.8, 4) is 11.1 Å². The minimum absolute atomic E-state index is 0.702. The minimum Gasteiger partial charge on any atom is -0.300 e. The van der Waals surface area contributed by atoms with Gasteiger partial charge in [-0.15, -0.1) is 0 Å². The second-order valence-corrected chi connectivity index (χ2v) is 9.34. The lowest BCUT2D eigenvalue weighted by atomic mass is 9.76. The van der Waals surface area contributed by atoms with Gasteiger partial charge in [0.1, 0.15) is 0 Å². The SMILES string of the molecule is CC[C@@H]1CC[C@@H](C)[C@@H](N2CCC(c3ccccc3-c3ccccc3C)CC2)C1. The highest BCUT2D eigenvalue weighted by Crippen LogP contribution is 2.39. The van der Waals surface area contributed by atoms with Crippen LogP contribution in [-0.2, 0) is 0 Å². The summed E-state index contributed by atoms with van der Waals surface area (Å²) in [6.45, 7) is 9.67. The standard InChI is InChI=1S/C27H37N/c1-4-22-14-13-21(3)27(19-22)28-17-15-23(16-18-28)25-11-7-8-12-26(25)24-10-6-5-9-20(24)2/h5-12,21-23,27H,4,13-19H2,1-3H3/t21-,22-,27+/m1/s1. The number of nitrogens with zero attached hydrogens (tertiary/aromatic N) is 1. The first-order chi connectivity index (χ1) is 13.7. The molecule has 1 heterocycles. The van der Waals surface area contributed by atoms with Crippen molar-refractivity contribution in [1.82, 2.24) is 4.90 Å². The maximum atomic E-state index is 2.85. The number of hydrogen-bond acceptors (Lipinski definition) is 1. The molecular weight excluding hydrogens is 338 g/mol. The molecule has 1 aliphatic carbocycles. The molecule has 1 saturated carbocycles. The van der Waals surface area contributed by atoms with Crippen molar-refractivity contribution >= 4 is 0 Å². The van der Waals surface area contributed by atoms with Gasteiger partial charge in [0.05, 0.1) is 0 Å². The van der Waals surface area contributed by atoms with Gasteiger partial charge in [-0.3, -0.25) is 0 Å². The number of likely N-dealkylation sites (tertiary alicyclic amines) is 1. The van der Waals surface area contributed by atoms with Crippen LogP contribution >= 0.6 is 0 Å². The molecule has 0 N–H and O–H groups in total. The summed E-state index contributed by atoms with van der Waals surface area (Å²) in [7, 11) is 0. The van der Waals surface area contributed by atoms with Crippen LogP contribution in [0.3, 0.4) is 0 Å². The highest BCUT2D eigenvalue weighted by molar-refractivity contribution is 5.71. The number of rotatable bonds is 4. The van der Waals surface area contributed by atoms with E-state index in [4.69, 9.17) is 0 Å². The van der Waals surface area contributed by atoms with Crippen molar-refractivity contribution in [3.63, 3.8) is 0 Å². The zero-order valence-electron chi connectivity index (χ0n) is 18.0. The molecule has 0 unspecified atom stereocenters. The Labute approximate surface area is 172 Å². The molecule has 0 spiro atoms. The lowest BCUT2D eigenvalue weighted by Crippen LogP contribution is -2.47. The predicted molar refractivity (Wildman–Crippen MR) is 121 cm³/mol. The van der Waals surface area contributed by atoms with E-state index in [0.717, 1.165) is 17.9 Å². The molecule has 3 atom stereocenters. The van der Waals surface area contributed by atoms with Crippen LogP contribution in [0.4, 0.5) is 0 Å². The molecule has 1 nitrogen and oxygen atoms in total. The van der Waals surface area contributed by atoms with Gasteiger partial charge >= 0.3 is 0 Å². The van der Waals surface area contributed by atoms with E-state index in [1.54, 1.807) is 5.56 Å². The van der Waals surface area contributed by atoms with E-state index in [2.05, 4.69) is 74.2 Å². The van der Waals surface area contributed by atoms with E-state index in [1.165, 1.54) is 68.3 Å². The lowest BCUT2D eigenvalue weighted by Gasteiger charge is -2.44. The lowest BCUT2D eigenvalue weighted by molar-refractivity contribution is 0.0643. The second-order valence-electron chi connectivity index (χ2n) is 9.34. The van der Waals surface area contributed by atoms with Gasteiger partial charge in [0.15, 0.2) is 0 Å². The average Bonchev–Trinajstić information content (AvgIpc) is 2.75. The van der Waals surface area contributed by atoms with Crippen LogP contribution in [0.5, 0.6) is 0 Å². The Morgan fingerprint density at radius 3 is 2.25 bits per heavy atom. The van der Waals surface area contributed by atoms with Crippen LogP contribution in [0.25, 0.3) is 11.1 Å². The van der Waals surface area contributed by atoms with Crippen LogP contribution < -0.4 is 0 Å². The van der Waals surface area contributed by atoms with Gasteiger partial charge < -0.3 is 4.90 Å². The Bertz CT molecular complexity index is 771. The topological polar surface area (TPSA) is 3.24 Å². The third-order valence-corrected chi connectivity index (χ3v) is 7.67. The van der Waals surface area contributed by atoms with E-state index >= 15 is 0 Å². The molecule has 1 aliphatic heterocycles. The molecule has 0 bridgehead atoms. The predicted octanol–water partition coefficient (Wildman–Crippen LogP) is 7.06. The largest absolute Gasteiger partial charge is 0.300 e. The highest BCUT2D eigenvalue weighted by atomic mass is 15.2. The molecule has 1 saturated heterocycles. The molecular formula is C27H37N. The molecule has 0 amide bonds. The van der Waals surface area contributed by atoms with Crippen molar-refractivity contribution < 1.29 is 0 Å². The fourth-order valence-corrected chi connectivity index (χ4v) is 5.78. The summed E-state index contributed by atoms with van der Waals surface area (Å²) in [5.74, 6) is 2.53. The number of hydrogen-bond donors (Lipinski definition) is 0. The normalized spacial score (nSPS) is 27.0. The van der Waals surface area contributed by atoms with Crippen LogP contribution in [0.2, 0.25) is 0 Å². The Balaban J connectivity index is 1.48. The van der Waals surface area contributed by atoms with Gasteiger partial charge in [-0.2, -0.15) is 0 Å². The number of aryl methyl sites for hydroxylation is 1. The van der Waals surface area contributed by atoms with E-state index in [-0.39, 0.29) is 0 Å². The van der Waals surface area contributed by atoms with Gasteiger partial charge in [0, 0.05) is 6.04 Å². The molecule has 2 aliphatic rings. The first-order valence-electron chi connectivity index (χ1n) is 11.6. The van der Waals surface area contributed by atoms with Crippen molar-refractivity contribution in [3.05, 3.63) is 59.7 Å². The maximum absolute atomic E-state index is 2.85. The molecule has 150 valence electrons. The molecule has 2 fully saturated rings. The summed E-state index contributed by atoms with van der Waals surface area (Å²) >= 11 is 0. The monoisotopic (exact) mass is 375 g/mol. The summed E-state index contributed by atoms with van der Waals surface area (Å²) in [4.78, 5) is 2.85. The second kappa shape index (κ2) is 8.82. The molecule has 0 aromatic heterocycles. The third-order valence-electron chi connectivity index (χ3n) is 7.67. The molecule has 2 aromatic carbocycles. The zero-order chi connectivity index (χ0) is 19.5. The van der Waals surface area contributed by atoms with Crippen molar-refractivity contribution in [1.29, 1.82) is 0 Å². The molecule has 4 rings (SSSR count). The Morgan fingerprint density at radius 2 is 1.54 bits per heavy atom. The van der Waals surface area contributed by atoms with Gasteiger partial charge in [-0.1, -0.05) is 75.2 Å². The van der Waals surface area contributed by atoms with Gasteiger partial charge in [0.25, 0.3) is 0 Å². The Kier molecular flexibility index (Phi) is 6.21. The van der Waals surface area contributed by atoms with Crippen LogP contribution in [-0.4, -0.2) is 24.0 Å². The first kappa shape index (κ1) is 19.7. The van der Waals surface area contributed by atoms with Crippen molar-refractivity contribution in [2.45, 2.75) is 71.3 Å². The van der Waals surface area contributed by atoms with Gasteiger partial charge in [-0.25, -0.2) is 0 Å². The summed E-state index contributed by atoms with van der Waals surface area (Å²) in [5.41, 5.74) is 5.82. The van der Waals surface area contributed by atoms with E-state index < -0.39 is 0 Å². The molecule has 0 radical (unpaired) electrons. The van der Waals surface area contributed by atoms with Crippen molar-refractivity contribution in [2.75, 3.05) is 13.1 Å². The summed E-state index contributed by atoms with van der Waals surface area (Å²) < 4.78 is 0. The van der Waals surface area contributed by atoms with Crippen LogP contribution in [0, 0.1) is 18.8 Å². The molecule has 2 aromatic rings. The minimum atomic E-state index is 0.702.